The number of halogens is 3. The Morgan fingerprint density at radius 2 is 1.65 bits per heavy atom. The summed E-state index contributed by atoms with van der Waals surface area (Å²) >= 11 is 10.5. The van der Waals surface area contributed by atoms with Gasteiger partial charge in [0.15, 0.2) is 0 Å². The highest BCUT2D eigenvalue weighted by molar-refractivity contribution is 14.1. The van der Waals surface area contributed by atoms with E-state index in [1.165, 1.54) is 6.08 Å². The first-order chi connectivity index (χ1) is 16.2. The van der Waals surface area contributed by atoms with Crippen LogP contribution in [0.3, 0.4) is 0 Å². The molecule has 0 radical (unpaired) electrons. The number of urea groups is 1. The lowest BCUT2D eigenvalue weighted by Gasteiger charge is -2.26. The quantitative estimate of drug-likeness (QED) is 0.199. The number of carbonyl (C=O) groups excluding carboxylic acids is 3. The van der Waals surface area contributed by atoms with Crippen LogP contribution in [-0.2, 0) is 16.2 Å². The normalized spacial score (nSPS) is 15.0. The highest BCUT2D eigenvalue weighted by Gasteiger charge is 2.36. The van der Waals surface area contributed by atoms with Gasteiger partial charge in [-0.3, -0.25) is 14.9 Å². The van der Waals surface area contributed by atoms with Crippen LogP contribution in [0.2, 0.25) is 5.02 Å². The van der Waals surface area contributed by atoms with Crippen molar-refractivity contribution in [1.82, 2.24) is 5.32 Å². The van der Waals surface area contributed by atoms with Gasteiger partial charge in [0.2, 0.25) is 0 Å². The number of barbiturate groups is 1. The molecule has 0 atom stereocenters. The van der Waals surface area contributed by atoms with Gasteiger partial charge in [0.1, 0.15) is 17.9 Å². The Bertz CT molecular complexity index is 1320. The van der Waals surface area contributed by atoms with Gasteiger partial charge >= 0.3 is 6.03 Å². The molecule has 0 saturated carbocycles. The third-order valence-electron chi connectivity index (χ3n) is 5.06. The van der Waals surface area contributed by atoms with Crippen LogP contribution in [0.5, 0.6) is 5.75 Å². The highest BCUT2D eigenvalue weighted by atomic mass is 127. The molecular weight excluding hydrogens is 682 g/mol. The maximum atomic E-state index is 13.1. The Morgan fingerprint density at radius 3 is 2.29 bits per heavy atom. The second-order valence-electron chi connectivity index (χ2n) is 7.49. The lowest BCUT2D eigenvalue weighted by Crippen LogP contribution is -2.54. The molecule has 1 aliphatic rings. The van der Waals surface area contributed by atoms with E-state index >= 15 is 0 Å². The number of amides is 4. The molecule has 1 N–H and O–H groups in total. The molecule has 3 aromatic carbocycles. The van der Waals surface area contributed by atoms with Crippen molar-refractivity contribution < 1.29 is 19.1 Å². The van der Waals surface area contributed by atoms with Crippen molar-refractivity contribution in [2.24, 2.45) is 0 Å². The van der Waals surface area contributed by atoms with Gasteiger partial charge in [-0.25, -0.2) is 9.69 Å². The number of hydrogen-bond acceptors (Lipinski definition) is 4. The second kappa shape index (κ2) is 10.4. The lowest BCUT2D eigenvalue weighted by molar-refractivity contribution is -0.122. The number of rotatable bonds is 5. The standard InChI is InChI=1S/C25H17ClI2N2O4/c1-14-6-8-17(9-7-14)30-24(32)18(23(31)29-25(30)33)10-15-11-20(27)22(21(28)12-15)34-13-16-4-2-3-5-19(16)26/h2-12H,13H2,1H3,(H,29,31,33)/b18-10+. The van der Waals surface area contributed by atoms with E-state index in [1.807, 2.05) is 43.3 Å². The minimum absolute atomic E-state index is 0.128. The predicted molar refractivity (Wildman–Crippen MR) is 148 cm³/mol. The highest BCUT2D eigenvalue weighted by Crippen LogP contribution is 2.32. The third-order valence-corrected chi connectivity index (χ3v) is 7.03. The summed E-state index contributed by atoms with van der Waals surface area (Å²) in [7, 11) is 0. The fourth-order valence-corrected chi connectivity index (χ4v) is 5.64. The number of aryl methyl sites for hydroxylation is 1. The molecule has 0 spiro atoms. The van der Waals surface area contributed by atoms with Crippen LogP contribution in [0.15, 0.2) is 66.2 Å². The van der Waals surface area contributed by atoms with Crippen molar-refractivity contribution in [2.45, 2.75) is 13.5 Å². The van der Waals surface area contributed by atoms with Gasteiger partial charge in [-0.15, -0.1) is 0 Å². The first-order valence-electron chi connectivity index (χ1n) is 10.1. The van der Waals surface area contributed by atoms with Gasteiger partial charge in [0.05, 0.1) is 12.8 Å². The zero-order valence-electron chi connectivity index (χ0n) is 17.8. The zero-order valence-corrected chi connectivity index (χ0v) is 22.8. The SMILES string of the molecule is Cc1ccc(N2C(=O)NC(=O)/C(=C\c3cc(I)c(OCc4ccccc4Cl)c(I)c3)C2=O)cc1. The van der Waals surface area contributed by atoms with E-state index in [2.05, 4.69) is 50.5 Å². The van der Waals surface area contributed by atoms with Gasteiger partial charge in [-0.2, -0.15) is 0 Å². The maximum Gasteiger partial charge on any atom is 0.335 e. The van der Waals surface area contributed by atoms with Crippen LogP contribution in [0, 0.1) is 14.1 Å². The third kappa shape index (κ3) is 5.28. The minimum Gasteiger partial charge on any atom is -0.487 e. The van der Waals surface area contributed by atoms with Crippen LogP contribution in [0.4, 0.5) is 10.5 Å². The van der Waals surface area contributed by atoms with Crippen LogP contribution in [0.25, 0.3) is 6.08 Å². The Labute approximate surface area is 228 Å². The van der Waals surface area contributed by atoms with Crippen LogP contribution < -0.4 is 15.0 Å². The van der Waals surface area contributed by atoms with Gasteiger partial charge in [-0.1, -0.05) is 47.5 Å². The monoisotopic (exact) mass is 698 g/mol. The van der Waals surface area contributed by atoms with E-state index < -0.39 is 17.8 Å². The van der Waals surface area contributed by atoms with Crippen LogP contribution >= 0.6 is 56.8 Å². The Hall–Kier alpha value is -2.44. The van der Waals surface area contributed by atoms with E-state index in [0.29, 0.717) is 28.6 Å². The number of nitrogens with one attached hydrogen (secondary N) is 1. The Kier molecular flexibility index (Phi) is 7.58. The van der Waals surface area contributed by atoms with E-state index in [-0.39, 0.29) is 5.57 Å². The van der Waals surface area contributed by atoms with Gasteiger partial charge in [-0.05, 0) is 94.1 Å². The molecule has 0 aliphatic carbocycles. The number of imide groups is 2. The molecule has 1 saturated heterocycles. The summed E-state index contributed by atoms with van der Waals surface area (Å²) in [6.07, 6.45) is 1.48. The van der Waals surface area contributed by atoms with Crippen molar-refractivity contribution in [3.63, 3.8) is 0 Å². The average molecular weight is 699 g/mol. The number of carbonyl (C=O) groups is 3. The minimum atomic E-state index is -0.775. The number of hydrogen-bond donors (Lipinski definition) is 1. The molecule has 9 heteroatoms. The maximum absolute atomic E-state index is 13.1. The molecule has 4 amide bonds. The van der Waals surface area contributed by atoms with Crippen molar-refractivity contribution in [3.8, 4) is 5.75 Å². The molecule has 3 aromatic rings. The van der Waals surface area contributed by atoms with Crippen LogP contribution in [-0.4, -0.2) is 17.8 Å². The molecule has 1 fully saturated rings. The largest absolute Gasteiger partial charge is 0.487 e. The molecule has 1 heterocycles. The van der Waals surface area contributed by atoms with E-state index in [9.17, 15) is 14.4 Å². The van der Waals surface area contributed by atoms with Crippen LogP contribution in [0.1, 0.15) is 16.7 Å². The summed E-state index contributed by atoms with van der Waals surface area (Å²) in [6, 6.07) is 17.2. The van der Waals surface area contributed by atoms with E-state index in [0.717, 1.165) is 23.2 Å². The van der Waals surface area contributed by atoms with Crippen molar-refractivity contribution in [3.05, 3.63) is 95.1 Å². The van der Waals surface area contributed by atoms with Crippen molar-refractivity contribution >= 4 is 86.4 Å². The summed E-state index contributed by atoms with van der Waals surface area (Å²) in [5.41, 5.74) is 2.75. The number of nitrogens with zero attached hydrogens (tertiary/aromatic N) is 1. The van der Waals surface area contributed by atoms with Crippen molar-refractivity contribution in [2.75, 3.05) is 4.90 Å². The summed E-state index contributed by atoms with van der Waals surface area (Å²) in [6.45, 7) is 2.21. The molecule has 0 aromatic heterocycles. The molecular formula is C25H17ClI2N2O4. The molecule has 1 aliphatic heterocycles. The fraction of sp³-hybridized carbons (Fsp3) is 0.0800. The number of ether oxygens (including phenoxy) is 1. The summed E-state index contributed by atoms with van der Waals surface area (Å²) in [5, 5.41) is 2.87. The van der Waals surface area contributed by atoms with Gasteiger partial charge in [0, 0.05) is 10.6 Å². The second-order valence-corrected chi connectivity index (χ2v) is 10.2. The topological polar surface area (TPSA) is 75.7 Å². The smallest absolute Gasteiger partial charge is 0.335 e. The molecule has 6 nitrogen and oxygen atoms in total. The predicted octanol–water partition coefficient (Wildman–Crippen LogP) is 6.10. The Morgan fingerprint density at radius 1 is 1.00 bits per heavy atom. The fourth-order valence-electron chi connectivity index (χ4n) is 3.32. The van der Waals surface area contributed by atoms with Gasteiger partial charge < -0.3 is 4.74 Å². The lowest BCUT2D eigenvalue weighted by atomic mass is 10.1. The molecule has 0 unspecified atom stereocenters. The molecule has 4 rings (SSSR count). The summed E-state index contributed by atoms with van der Waals surface area (Å²) in [5.74, 6) is -0.733. The van der Waals surface area contributed by atoms with Gasteiger partial charge in [0.25, 0.3) is 11.8 Å². The summed E-state index contributed by atoms with van der Waals surface area (Å²) in [4.78, 5) is 38.9. The Balaban J connectivity index is 1.61. The number of anilines is 1. The average Bonchev–Trinajstić information content (AvgIpc) is 2.78. The molecule has 34 heavy (non-hydrogen) atoms. The molecule has 0 bridgehead atoms. The van der Waals surface area contributed by atoms with E-state index in [1.54, 1.807) is 24.3 Å². The van der Waals surface area contributed by atoms with Crippen molar-refractivity contribution in [1.29, 1.82) is 0 Å². The number of benzene rings is 3. The van der Waals surface area contributed by atoms with E-state index in [4.69, 9.17) is 16.3 Å². The zero-order chi connectivity index (χ0) is 24.4. The first kappa shape index (κ1) is 24.7. The molecule has 172 valence electrons. The first-order valence-corrected chi connectivity index (χ1v) is 12.6. The summed E-state index contributed by atoms with van der Waals surface area (Å²) < 4.78 is 7.61.